The summed E-state index contributed by atoms with van der Waals surface area (Å²) in [6, 6.07) is 5.28. The van der Waals surface area contributed by atoms with Crippen molar-refractivity contribution in [3.05, 3.63) is 57.5 Å². The molecule has 0 bridgehead atoms. The van der Waals surface area contributed by atoms with E-state index in [1.165, 1.54) is 30.7 Å². The lowest BCUT2D eigenvalue weighted by molar-refractivity contribution is 0.460. The third-order valence-electron chi connectivity index (χ3n) is 4.16. The second-order valence-electron chi connectivity index (χ2n) is 5.94. The van der Waals surface area contributed by atoms with Gasteiger partial charge >= 0.3 is 0 Å². The summed E-state index contributed by atoms with van der Waals surface area (Å²) >= 11 is 0. The molecule has 0 unspecified atom stereocenters. The molecule has 1 heterocycles. The molecule has 0 saturated heterocycles. The summed E-state index contributed by atoms with van der Waals surface area (Å²) < 4.78 is 27.5. The van der Waals surface area contributed by atoms with Gasteiger partial charge in [-0.3, -0.25) is 9.78 Å². The fourth-order valence-corrected chi connectivity index (χ4v) is 2.99. The Balaban J connectivity index is 1.81. The van der Waals surface area contributed by atoms with Gasteiger partial charge in [0.2, 0.25) is 5.95 Å². The van der Waals surface area contributed by atoms with E-state index in [0.29, 0.717) is 11.6 Å². The van der Waals surface area contributed by atoms with Crippen LogP contribution in [-0.2, 0) is 6.42 Å². The molecule has 1 aromatic heterocycles. The van der Waals surface area contributed by atoms with Crippen molar-refractivity contribution in [1.29, 1.82) is 0 Å². The Bertz CT molecular complexity index is 719. The van der Waals surface area contributed by atoms with Crippen molar-refractivity contribution in [2.75, 3.05) is 5.32 Å². The zero-order chi connectivity index (χ0) is 16.2. The Morgan fingerprint density at radius 3 is 2.57 bits per heavy atom. The van der Waals surface area contributed by atoms with Gasteiger partial charge < -0.3 is 5.32 Å². The second-order valence-corrected chi connectivity index (χ2v) is 5.94. The second kappa shape index (κ2) is 6.89. The Morgan fingerprint density at radius 1 is 1.17 bits per heavy atom. The first-order chi connectivity index (χ1) is 11.1. The van der Waals surface area contributed by atoms with Crippen LogP contribution in [0.4, 0.5) is 14.7 Å². The number of benzene rings is 1. The number of anilines is 1. The summed E-state index contributed by atoms with van der Waals surface area (Å²) in [5.41, 5.74) is -0.0599. The van der Waals surface area contributed by atoms with Crippen molar-refractivity contribution in [3.63, 3.8) is 0 Å². The van der Waals surface area contributed by atoms with Gasteiger partial charge in [0, 0.05) is 24.1 Å². The Labute approximate surface area is 133 Å². The maximum Gasteiger partial charge on any atom is 0.252 e. The van der Waals surface area contributed by atoms with Crippen LogP contribution in [-0.4, -0.2) is 16.0 Å². The van der Waals surface area contributed by atoms with Gasteiger partial charge in [-0.15, -0.1) is 0 Å². The molecule has 6 heteroatoms. The van der Waals surface area contributed by atoms with Crippen molar-refractivity contribution in [3.8, 4) is 0 Å². The lowest BCUT2D eigenvalue weighted by atomic mass is 9.96. The number of H-pyrrole nitrogens is 1. The number of aromatic nitrogens is 2. The minimum atomic E-state index is -0.631. The molecule has 0 atom stereocenters. The first kappa shape index (κ1) is 15.6. The van der Waals surface area contributed by atoms with E-state index in [0.717, 1.165) is 25.7 Å². The van der Waals surface area contributed by atoms with E-state index < -0.39 is 11.6 Å². The normalized spacial score (nSPS) is 15.6. The highest BCUT2D eigenvalue weighted by molar-refractivity contribution is 5.30. The van der Waals surface area contributed by atoms with Crippen LogP contribution in [0.3, 0.4) is 0 Å². The molecule has 0 spiro atoms. The monoisotopic (exact) mass is 319 g/mol. The van der Waals surface area contributed by atoms with Crippen molar-refractivity contribution in [1.82, 2.24) is 9.97 Å². The zero-order valence-electron chi connectivity index (χ0n) is 12.7. The van der Waals surface area contributed by atoms with Crippen molar-refractivity contribution in [2.24, 2.45) is 0 Å². The van der Waals surface area contributed by atoms with Crippen molar-refractivity contribution < 1.29 is 8.78 Å². The van der Waals surface area contributed by atoms with E-state index in [1.807, 2.05) is 0 Å². The molecule has 122 valence electrons. The van der Waals surface area contributed by atoms with Crippen LogP contribution in [0, 0.1) is 11.6 Å². The number of hydrogen-bond acceptors (Lipinski definition) is 3. The smallest absolute Gasteiger partial charge is 0.252 e. The molecule has 1 saturated carbocycles. The summed E-state index contributed by atoms with van der Waals surface area (Å²) in [5, 5.41) is 3.22. The van der Waals surface area contributed by atoms with Crippen LogP contribution in [0.15, 0.2) is 29.1 Å². The fourth-order valence-electron chi connectivity index (χ4n) is 2.99. The summed E-state index contributed by atoms with van der Waals surface area (Å²) in [6.45, 7) is 0. The van der Waals surface area contributed by atoms with E-state index >= 15 is 0 Å². The van der Waals surface area contributed by atoms with Gasteiger partial charge in [-0.05, 0) is 25.0 Å². The number of hydrogen-bond donors (Lipinski definition) is 2. The van der Waals surface area contributed by atoms with E-state index in [9.17, 15) is 13.6 Å². The number of rotatable bonds is 4. The third kappa shape index (κ3) is 3.94. The summed E-state index contributed by atoms with van der Waals surface area (Å²) in [4.78, 5) is 18.7. The van der Waals surface area contributed by atoms with E-state index in [2.05, 4.69) is 15.3 Å². The zero-order valence-corrected chi connectivity index (χ0v) is 12.7. The lowest BCUT2D eigenvalue weighted by Crippen LogP contribution is -2.25. The number of nitrogens with one attached hydrogen (secondary N) is 2. The molecule has 1 fully saturated rings. The van der Waals surface area contributed by atoms with E-state index in [1.54, 1.807) is 0 Å². The first-order valence-corrected chi connectivity index (χ1v) is 7.91. The van der Waals surface area contributed by atoms with Gasteiger partial charge in [0.25, 0.3) is 5.56 Å². The molecule has 1 aliphatic rings. The Morgan fingerprint density at radius 2 is 1.87 bits per heavy atom. The Hall–Kier alpha value is -2.24. The quantitative estimate of drug-likeness (QED) is 0.908. The standard InChI is InChI=1S/C17H19F2N3O/c18-14-7-4-8-15(19)13(14)9-12-10-16(23)22-17(21-12)20-11-5-2-1-3-6-11/h4,7-8,10-11H,1-3,5-6,9H2,(H2,20,21,22,23). The van der Waals surface area contributed by atoms with Gasteiger partial charge in [0.05, 0.1) is 5.69 Å². The van der Waals surface area contributed by atoms with Crippen LogP contribution < -0.4 is 10.9 Å². The highest BCUT2D eigenvalue weighted by Crippen LogP contribution is 2.20. The molecule has 4 nitrogen and oxygen atoms in total. The molecular formula is C17H19F2N3O. The minimum Gasteiger partial charge on any atom is -0.353 e. The molecule has 3 rings (SSSR count). The van der Waals surface area contributed by atoms with Crippen molar-refractivity contribution in [2.45, 2.75) is 44.6 Å². The van der Waals surface area contributed by atoms with Gasteiger partial charge in [-0.25, -0.2) is 13.8 Å². The molecule has 2 aromatic rings. The van der Waals surface area contributed by atoms with Gasteiger partial charge in [-0.2, -0.15) is 0 Å². The third-order valence-corrected chi connectivity index (χ3v) is 4.16. The number of aromatic amines is 1. The molecule has 0 aliphatic heterocycles. The Kier molecular flexibility index (Phi) is 4.69. The maximum absolute atomic E-state index is 13.7. The molecule has 23 heavy (non-hydrogen) atoms. The average Bonchev–Trinajstić information content (AvgIpc) is 2.51. The predicted molar refractivity (Wildman–Crippen MR) is 84.5 cm³/mol. The maximum atomic E-state index is 13.7. The highest BCUT2D eigenvalue weighted by atomic mass is 19.1. The molecule has 1 aliphatic carbocycles. The van der Waals surface area contributed by atoms with E-state index in [-0.39, 0.29) is 23.6 Å². The largest absolute Gasteiger partial charge is 0.353 e. The summed E-state index contributed by atoms with van der Waals surface area (Å²) in [7, 11) is 0. The summed E-state index contributed by atoms with van der Waals surface area (Å²) in [5.74, 6) is -0.890. The van der Waals surface area contributed by atoms with Crippen molar-refractivity contribution >= 4 is 5.95 Å². The van der Waals surface area contributed by atoms with Crippen LogP contribution in [0.5, 0.6) is 0 Å². The van der Waals surface area contributed by atoms with Gasteiger partial charge in [0.1, 0.15) is 11.6 Å². The van der Waals surface area contributed by atoms with Crippen LogP contribution in [0.1, 0.15) is 43.4 Å². The molecule has 0 radical (unpaired) electrons. The minimum absolute atomic E-state index is 0.0538. The van der Waals surface area contributed by atoms with Gasteiger partial charge in [0.15, 0.2) is 0 Å². The number of nitrogens with zero attached hydrogens (tertiary/aromatic N) is 1. The van der Waals surface area contributed by atoms with Crippen LogP contribution in [0.25, 0.3) is 0 Å². The fraction of sp³-hybridized carbons (Fsp3) is 0.412. The predicted octanol–water partition coefficient (Wildman–Crippen LogP) is 3.38. The molecule has 0 amide bonds. The lowest BCUT2D eigenvalue weighted by Gasteiger charge is -2.23. The summed E-state index contributed by atoms with van der Waals surface area (Å²) in [6.07, 6.45) is 5.56. The average molecular weight is 319 g/mol. The number of halogens is 2. The first-order valence-electron chi connectivity index (χ1n) is 7.91. The van der Waals surface area contributed by atoms with Crippen LogP contribution >= 0.6 is 0 Å². The van der Waals surface area contributed by atoms with Crippen LogP contribution in [0.2, 0.25) is 0 Å². The SMILES string of the molecule is O=c1cc(Cc2c(F)cccc2F)nc(NC2CCCCC2)[nH]1. The van der Waals surface area contributed by atoms with E-state index in [4.69, 9.17) is 0 Å². The highest BCUT2D eigenvalue weighted by Gasteiger charge is 2.15. The molecule has 2 N–H and O–H groups in total. The topological polar surface area (TPSA) is 57.8 Å². The molecular weight excluding hydrogens is 300 g/mol. The molecule has 1 aromatic carbocycles. The van der Waals surface area contributed by atoms with Gasteiger partial charge in [-0.1, -0.05) is 25.3 Å².